The molecule has 1 aromatic carbocycles. The Kier molecular flexibility index (Phi) is 8.83. The third kappa shape index (κ3) is 7.72. The molecule has 0 bridgehead atoms. The smallest absolute Gasteiger partial charge is 0.317 e. The normalized spacial score (nSPS) is 18.3. The second kappa shape index (κ2) is 11.6. The largest absolute Gasteiger partial charge is 0.494 e. The summed E-state index contributed by atoms with van der Waals surface area (Å²) in [6.07, 6.45) is 8.71. The minimum absolute atomic E-state index is 0.0642. The molecule has 2 N–H and O–H groups in total. The lowest BCUT2D eigenvalue weighted by Gasteiger charge is -2.34. The lowest BCUT2D eigenvalue weighted by atomic mass is 9.87. The Labute approximate surface area is 193 Å². The topological polar surface area (TPSA) is 70.7 Å². The molecular formula is C26H41N3O3. The van der Waals surface area contributed by atoms with Crippen LogP contribution in [-0.2, 0) is 10.2 Å². The van der Waals surface area contributed by atoms with Crippen molar-refractivity contribution in [3.05, 3.63) is 29.8 Å². The molecule has 6 nitrogen and oxygen atoms in total. The van der Waals surface area contributed by atoms with Gasteiger partial charge in [0.05, 0.1) is 6.61 Å². The molecule has 32 heavy (non-hydrogen) atoms. The Bertz CT molecular complexity index is 728. The zero-order valence-corrected chi connectivity index (χ0v) is 20.1. The molecule has 3 rings (SSSR count). The molecule has 1 aliphatic heterocycles. The minimum Gasteiger partial charge on any atom is -0.494 e. The summed E-state index contributed by atoms with van der Waals surface area (Å²) in [5.74, 6) is 0.916. The van der Waals surface area contributed by atoms with Gasteiger partial charge in [-0.15, -0.1) is 0 Å². The molecule has 3 amide bonds. The highest BCUT2D eigenvalue weighted by Gasteiger charge is 2.25. The molecule has 1 saturated heterocycles. The third-order valence-electron chi connectivity index (χ3n) is 6.62. The van der Waals surface area contributed by atoms with Gasteiger partial charge in [-0.2, -0.15) is 0 Å². The van der Waals surface area contributed by atoms with Crippen LogP contribution < -0.4 is 15.4 Å². The van der Waals surface area contributed by atoms with Gasteiger partial charge in [0.25, 0.3) is 0 Å². The standard InChI is InChI=1S/C26H41N3O3/c1-26(2,3)20-11-13-23(14-12-20)32-19-7-10-24(30)27-22-15-17-29(18-16-22)25(31)28-21-8-5-4-6-9-21/h11-14,21-22H,4-10,15-19H2,1-3H3,(H,27,30)(H,28,31). The quantitative estimate of drug-likeness (QED) is 0.597. The predicted molar refractivity (Wildman–Crippen MR) is 128 cm³/mol. The van der Waals surface area contributed by atoms with E-state index in [1.54, 1.807) is 0 Å². The average Bonchev–Trinajstić information content (AvgIpc) is 2.77. The SMILES string of the molecule is CC(C)(C)c1ccc(OCCCC(=O)NC2CCN(C(=O)NC3CCCCC3)CC2)cc1. The first-order chi connectivity index (χ1) is 15.3. The first kappa shape index (κ1) is 24.4. The predicted octanol–water partition coefficient (Wildman–Crippen LogP) is 4.77. The van der Waals surface area contributed by atoms with Crippen molar-refractivity contribution in [2.75, 3.05) is 19.7 Å². The number of piperidine rings is 1. The van der Waals surface area contributed by atoms with Crippen molar-refractivity contribution in [3.8, 4) is 5.75 Å². The lowest BCUT2D eigenvalue weighted by molar-refractivity contribution is -0.122. The van der Waals surface area contributed by atoms with Crippen LogP contribution in [0, 0.1) is 0 Å². The monoisotopic (exact) mass is 443 g/mol. The lowest BCUT2D eigenvalue weighted by Crippen LogP contribution is -2.51. The number of rotatable bonds is 7. The fraction of sp³-hybridized carbons (Fsp3) is 0.692. The Morgan fingerprint density at radius 3 is 2.19 bits per heavy atom. The van der Waals surface area contributed by atoms with E-state index in [1.807, 2.05) is 17.0 Å². The molecule has 0 radical (unpaired) electrons. The van der Waals surface area contributed by atoms with E-state index >= 15 is 0 Å². The summed E-state index contributed by atoms with van der Waals surface area (Å²) >= 11 is 0. The second-order valence-corrected chi connectivity index (χ2v) is 10.3. The molecule has 2 aliphatic rings. The van der Waals surface area contributed by atoms with Gasteiger partial charge in [-0.25, -0.2) is 4.79 Å². The van der Waals surface area contributed by atoms with E-state index in [0.717, 1.165) is 31.4 Å². The van der Waals surface area contributed by atoms with Crippen LogP contribution in [0.2, 0.25) is 0 Å². The number of nitrogens with one attached hydrogen (secondary N) is 2. The van der Waals surface area contributed by atoms with Gasteiger partial charge in [0, 0.05) is 31.6 Å². The van der Waals surface area contributed by atoms with Crippen LogP contribution >= 0.6 is 0 Å². The van der Waals surface area contributed by atoms with E-state index in [9.17, 15) is 9.59 Å². The molecule has 0 unspecified atom stereocenters. The number of benzene rings is 1. The number of likely N-dealkylation sites (tertiary alicyclic amines) is 1. The van der Waals surface area contributed by atoms with E-state index in [-0.39, 0.29) is 23.4 Å². The van der Waals surface area contributed by atoms with Crippen LogP contribution in [0.15, 0.2) is 24.3 Å². The molecule has 178 valence electrons. The molecule has 0 aromatic heterocycles. The Morgan fingerprint density at radius 2 is 1.56 bits per heavy atom. The van der Waals surface area contributed by atoms with E-state index in [4.69, 9.17) is 4.74 Å². The van der Waals surface area contributed by atoms with Crippen molar-refractivity contribution in [1.29, 1.82) is 0 Å². The summed E-state index contributed by atoms with van der Waals surface area (Å²) in [7, 11) is 0. The van der Waals surface area contributed by atoms with Gasteiger partial charge >= 0.3 is 6.03 Å². The molecule has 1 aromatic rings. The van der Waals surface area contributed by atoms with Gasteiger partial charge in [0.2, 0.25) is 5.91 Å². The Balaban J connectivity index is 1.27. The number of amides is 3. The van der Waals surface area contributed by atoms with Crippen molar-refractivity contribution < 1.29 is 14.3 Å². The summed E-state index contributed by atoms with van der Waals surface area (Å²) in [5.41, 5.74) is 1.41. The molecule has 1 aliphatic carbocycles. The first-order valence-corrected chi connectivity index (χ1v) is 12.4. The highest BCUT2D eigenvalue weighted by atomic mass is 16.5. The first-order valence-electron chi connectivity index (χ1n) is 12.4. The summed E-state index contributed by atoms with van der Waals surface area (Å²) in [5, 5.41) is 6.32. The molecule has 0 atom stereocenters. The molecule has 0 spiro atoms. The van der Waals surface area contributed by atoms with Crippen molar-refractivity contribution in [3.63, 3.8) is 0 Å². The fourth-order valence-corrected chi connectivity index (χ4v) is 4.51. The van der Waals surface area contributed by atoms with Crippen molar-refractivity contribution in [1.82, 2.24) is 15.5 Å². The van der Waals surface area contributed by atoms with Gasteiger partial charge in [-0.3, -0.25) is 4.79 Å². The molecule has 6 heteroatoms. The average molecular weight is 444 g/mol. The zero-order chi connectivity index (χ0) is 23.0. The van der Waals surface area contributed by atoms with Crippen LogP contribution in [0.3, 0.4) is 0 Å². The minimum atomic E-state index is 0.0642. The highest BCUT2D eigenvalue weighted by molar-refractivity contribution is 5.76. The number of carbonyl (C=O) groups is 2. The second-order valence-electron chi connectivity index (χ2n) is 10.3. The van der Waals surface area contributed by atoms with Crippen molar-refractivity contribution in [2.45, 2.75) is 96.1 Å². The van der Waals surface area contributed by atoms with Gasteiger partial charge in [-0.05, 0) is 55.2 Å². The molecule has 2 fully saturated rings. The van der Waals surface area contributed by atoms with Crippen LogP contribution in [0.4, 0.5) is 4.79 Å². The third-order valence-corrected chi connectivity index (χ3v) is 6.62. The number of hydrogen-bond acceptors (Lipinski definition) is 3. The van der Waals surface area contributed by atoms with E-state index in [0.29, 0.717) is 38.6 Å². The van der Waals surface area contributed by atoms with Crippen LogP contribution in [0.25, 0.3) is 0 Å². The fourth-order valence-electron chi connectivity index (χ4n) is 4.51. The number of hydrogen-bond donors (Lipinski definition) is 2. The van der Waals surface area contributed by atoms with E-state index < -0.39 is 0 Å². The summed E-state index contributed by atoms with van der Waals surface area (Å²) in [4.78, 5) is 26.7. The van der Waals surface area contributed by atoms with Gasteiger partial charge in [-0.1, -0.05) is 52.2 Å². The highest BCUT2D eigenvalue weighted by Crippen LogP contribution is 2.24. The maximum absolute atomic E-state index is 12.5. The Hall–Kier alpha value is -2.24. The Morgan fingerprint density at radius 1 is 0.938 bits per heavy atom. The van der Waals surface area contributed by atoms with Gasteiger partial charge in [0.1, 0.15) is 5.75 Å². The summed E-state index contributed by atoms with van der Waals surface area (Å²) in [6.45, 7) is 8.52. The van der Waals surface area contributed by atoms with Crippen LogP contribution in [0.1, 0.15) is 84.1 Å². The maximum atomic E-state index is 12.5. The maximum Gasteiger partial charge on any atom is 0.317 e. The van der Waals surface area contributed by atoms with Crippen LogP contribution in [0.5, 0.6) is 5.75 Å². The summed E-state index contributed by atoms with van der Waals surface area (Å²) in [6, 6.07) is 8.76. The van der Waals surface area contributed by atoms with E-state index in [2.05, 4.69) is 43.5 Å². The number of nitrogens with zero attached hydrogens (tertiary/aromatic N) is 1. The zero-order valence-electron chi connectivity index (χ0n) is 20.1. The van der Waals surface area contributed by atoms with Crippen molar-refractivity contribution >= 4 is 11.9 Å². The number of carbonyl (C=O) groups excluding carboxylic acids is 2. The number of urea groups is 1. The molecule has 1 saturated carbocycles. The molecule has 1 heterocycles. The van der Waals surface area contributed by atoms with Gasteiger partial charge in [0.15, 0.2) is 0 Å². The number of ether oxygens (including phenoxy) is 1. The van der Waals surface area contributed by atoms with Crippen LogP contribution in [-0.4, -0.2) is 48.6 Å². The molecular weight excluding hydrogens is 402 g/mol. The van der Waals surface area contributed by atoms with Gasteiger partial charge < -0.3 is 20.3 Å². The van der Waals surface area contributed by atoms with E-state index in [1.165, 1.54) is 24.8 Å². The summed E-state index contributed by atoms with van der Waals surface area (Å²) < 4.78 is 5.79. The van der Waals surface area contributed by atoms with Crippen molar-refractivity contribution in [2.24, 2.45) is 0 Å².